The third-order valence-corrected chi connectivity index (χ3v) is 5.70. The summed E-state index contributed by atoms with van der Waals surface area (Å²) in [5.74, 6) is 2.46. The minimum absolute atomic E-state index is 0. The number of nitrogens with one attached hydrogen (secondary N) is 2. The van der Waals surface area contributed by atoms with Crippen molar-refractivity contribution in [3.8, 4) is 17.4 Å². The number of pyridine rings is 1. The minimum Gasteiger partial charge on any atom is -0.490 e. The van der Waals surface area contributed by atoms with E-state index in [1.807, 2.05) is 43.3 Å². The fourth-order valence-electron chi connectivity index (χ4n) is 4.37. The minimum atomic E-state index is 0. The highest BCUT2D eigenvalue weighted by molar-refractivity contribution is 5.85. The third-order valence-electron chi connectivity index (χ3n) is 5.70. The summed E-state index contributed by atoms with van der Waals surface area (Å²) in [6, 6.07) is 12.5. The molecule has 0 saturated carbocycles. The highest BCUT2D eigenvalue weighted by Gasteiger charge is 2.34. The second kappa shape index (κ2) is 12.1. The van der Waals surface area contributed by atoms with E-state index in [9.17, 15) is 4.79 Å². The van der Waals surface area contributed by atoms with Gasteiger partial charge < -0.3 is 20.1 Å². The first-order chi connectivity index (χ1) is 14.2. The molecule has 31 heavy (non-hydrogen) atoms. The summed E-state index contributed by atoms with van der Waals surface area (Å²) in [6.45, 7) is 3.00. The van der Waals surface area contributed by atoms with Gasteiger partial charge >= 0.3 is 0 Å². The van der Waals surface area contributed by atoms with Crippen LogP contribution in [0.25, 0.3) is 0 Å². The van der Waals surface area contributed by atoms with E-state index in [1.165, 1.54) is 12.8 Å². The van der Waals surface area contributed by atoms with Crippen molar-refractivity contribution in [1.29, 1.82) is 0 Å². The Hall–Kier alpha value is -2.02. The van der Waals surface area contributed by atoms with E-state index in [2.05, 4.69) is 15.6 Å². The van der Waals surface area contributed by atoms with Gasteiger partial charge in [-0.25, -0.2) is 4.98 Å². The lowest BCUT2D eigenvalue weighted by Gasteiger charge is -2.28. The number of benzene rings is 1. The largest absolute Gasteiger partial charge is 0.490 e. The number of carbonyl (C=O) groups excluding carboxylic acids is 1. The van der Waals surface area contributed by atoms with Crippen molar-refractivity contribution in [2.75, 3.05) is 6.61 Å². The number of hydrogen-bond acceptors (Lipinski definition) is 5. The second-order valence-corrected chi connectivity index (χ2v) is 7.94. The Morgan fingerprint density at radius 2 is 1.81 bits per heavy atom. The average Bonchev–Trinajstić information content (AvgIpc) is 3.07. The Balaban J connectivity index is 0.00000171. The maximum Gasteiger partial charge on any atom is 0.220 e. The lowest BCUT2D eigenvalue weighted by atomic mass is 9.89. The van der Waals surface area contributed by atoms with Crippen molar-refractivity contribution >= 4 is 30.7 Å². The van der Waals surface area contributed by atoms with Crippen LogP contribution >= 0.6 is 24.8 Å². The highest BCUT2D eigenvalue weighted by atomic mass is 35.5. The number of piperidine rings is 1. The molecule has 3 heterocycles. The third kappa shape index (κ3) is 6.99. The number of rotatable bonds is 8. The number of carbonyl (C=O) groups is 1. The number of halogens is 2. The molecule has 8 heteroatoms. The molecular weight excluding hydrogens is 437 g/mol. The first kappa shape index (κ1) is 25.2. The molecule has 2 unspecified atom stereocenters. The van der Waals surface area contributed by atoms with E-state index in [1.54, 1.807) is 6.20 Å². The van der Waals surface area contributed by atoms with Crippen LogP contribution in [0.3, 0.4) is 0 Å². The maximum atomic E-state index is 12.3. The van der Waals surface area contributed by atoms with Gasteiger partial charge in [-0.2, -0.15) is 0 Å². The Kier molecular flexibility index (Phi) is 9.88. The standard InChI is InChI=1S/C23H29N3O3.2ClH/c1-2-28-20-5-3-4-6-21(20)29-23-10-7-16(15-25-23)14-24-22(27)13-17-11-18-8-9-19(12-17)26-18;;/h3-7,10,15,17-19,26H,2,8-9,11-14H2,1H3,(H,24,27);2*1H. The molecule has 1 aromatic carbocycles. The molecule has 1 amide bonds. The summed E-state index contributed by atoms with van der Waals surface area (Å²) in [5.41, 5.74) is 0.953. The molecule has 0 radical (unpaired) electrons. The van der Waals surface area contributed by atoms with Crippen LogP contribution in [0.5, 0.6) is 17.4 Å². The molecule has 2 atom stereocenters. The predicted molar refractivity (Wildman–Crippen MR) is 126 cm³/mol. The van der Waals surface area contributed by atoms with Crippen molar-refractivity contribution in [1.82, 2.24) is 15.6 Å². The van der Waals surface area contributed by atoms with Crippen LogP contribution in [0.1, 0.15) is 44.6 Å². The molecule has 2 bridgehead atoms. The highest BCUT2D eigenvalue weighted by Crippen LogP contribution is 2.33. The van der Waals surface area contributed by atoms with Crippen LogP contribution in [-0.4, -0.2) is 29.6 Å². The molecule has 6 nitrogen and oxygen atoms in total. The van der Waals surface area contributed by atoms with Gasteiger partial charge in [-0.1, -0.05) is 18.2 Å². The summed E-state index contributed by atoms with van der Waals surface area (Å²) in [4.78, 5) is 16.7. The first-order valence-electron chi connectivity index (χ1n) is 10.6. The number of aromatic nitrogens is 1. The summed E-state index contributed by atoms with van der Waals surface area (Å²) in [5, 5.41) is 6.66. The van der Waals surface area contributed by atoms with Gasteiger partial charge in [0.2, 0.25) is 11.8 Å². The summed E-state index contributed by atoms with van der Waals surface area (Å²) < 4.78 is 11.4. The number of fused-ring (bicyclic) bond motifs is 2. The summed E-state index contributed by atoms with van der Waals surface area (Å²) >= 11 is 0. The Morgan fingerprint density at radius 1 is 1.10 bits per heavy atom. The van der Waals surface area contributed by atoms with Crippen LogP contribution in [0, 0.1) is 5.92 Å². The van der Waals surface area contributed by atoms with Gasteiger partial charge in [-0.05, 0) is 56.2 Å². The molecule has 2 aromatic rings. The van der Waals surface area contributed by atoms with Crippen molar-refractivity contribution in [2.45, 2.75) is 57.7 Å². The predicted octanol–water partition coefficient (Wildman–Crippen LogP) is 4.65. The fraction of sp³-hybridized carbons (Fsp3) is 0.478. The Morgan fingerprint density at radius 3 is 2.45 bits per heavy atom. The lowest BCUT2D eigenvalue weighted by molar-refractivity contribution is -0.122. The zero-order chi connectivity index (χ0) is 20.1. The molecule has 0 spiro atoms. The van der Waals surface area contributed by atoms with Crippen LogP contribution < -0.4 is 20.1 Å². The number of amides is 1. The van der Waals surface area contributed by atoms with Crippen molar-refractivity contribution < 1.29 is 14.3 Å². The van der Waals surface area contributed by atoms with Gasteiger partial charge in [0.25, 0.3) is 0 Å². The molecule has 2 aliphatic heterocycles. The van der Waals surface area contributed by atoms with E-state index in [-0.39, 0.29) is 30.7 Å². The number of para-hydroxylation sites is 2. The number of ether oxygens (including phenoxy) is 2. The maximum absolute atomic E-state index is 12.3. The fourth-order valence-corrected chi connectivity index (χ4v) is 4.37. The zero-order valence-corrected chi connectivity index (χ0v) is 19.3. The normalized spacial score (nSPS) is 21.4. The molecule has 2 N–H and O–H groups in total. The Bertz CT molecular complexity index is 823. The van der Waals surface area contributed by atoms with Gasteiger partial charge in [0.1, 0.15) is 0 Å². The van der Waals surface area contributed by atoms with Gasteiger partial charge in [0.05, 0.1) is 6.61 Å². The van der Waals surface area contributed by atoms with E-state index < -0.39 is 0 Å². The van der Waals surface area contributed by atoms with Gasteiger partial charge in [-0.15, -0.1) is 24.8 Å². The molecule has 0 aliphatic carbocycles. The monoisotopic (exact) mass is 467 g/mol. The molecular formula is C23H31Cl2N3O3. The lowest BCUT2D eigenvalue weighted by Crippen LogP contribution is -2.39. The van der Waals surface area contributed by atoms with Crippen molar-refractivity contribution in [2.24, 2.45) is 5.92 Å². The van der Waals surface area contributed by atoms with Gasteiger partial charge in [-0.3, -0.25) is 4.79 Å². The average molecular weight is 468 g/mol. The van der Waals surface area contributed by atoms with Crippen LogP contribution in [-0.2, 0) is 11.3 Å². The summed E-state index contributed by atoms with van der Waals surface area (Å²) in [7, 11) is 0. The molecule has 2 saturated heterocycles. The molecule has 1 aromatic heterocycles. The first-order valence-corrected chi connectivity index (χ1v) is 10.6. The van der Waals surface area contributed by atoms with Crippen molar-refractivity contribution in [3.63, 3.8) is 0 Å². The molecule has 170 valence electrons. The van der Waals surface area contributed by atoms with Gasteiger partial charge in [0, 0.05) is 37.3 Å². The van der Waals surface area contributed by atoms with E-state index in [0.29, 0.717) is 55.0 Å². The number of nitrogens with zero attached hydrogens (tertiary/aromatic N) is 1. The topological polar surface area (TPSA) is 72.5 Å². The van der Waals surface area contributed by atoms with E-state index >= 15 is 0 Å². The van der Waals surface area contributed by atoms with E-state index in [0.717, 1.165) is 18.4 Å². The molecule has 2 aliphatic rings. The summed E-state index contributed by atoms with van der Waals surface area (Å²) in [6.07, 6.45) is 7.14. The van der Waals surface area contributed by atoms with Crippen LogP contribution in [0.15, 0.2) is 42.6 Å². The van der Waals surface area contributed by atoms with E-state index in [4.69, 9.17) is 9.47 Å². The smallest absolute Gasteiger partial charge is 0.220 e. The van der Waals surface area contributed by atoms with Crippen molar-refractivity contribution in [3.05, 3.63) is 48.2 Å². The zero-order valence-electron chi connectivity index (χ0n) is 17.7. The van der Waals surface area contributed by atoms with Crippen LogP contribution in [0.4, 0.5) is 0 Å². The quantitative estimate of drug-likeness (QED) is 0.590. The molecule has 2 fully saturated rings. The van der Waals surface area contributed by atoms with Gasteiger partial charge in [0.15, 0.2) is 11.5 Å². The van der Waals surface area contributed by atoms with Crippen LogP contribution in [0.2, 0.25) is 0 Å². The Labute approximate surface area is 196 Å². The number of hydrogen-bond donors (Lipinski definition) is 2. The SMILES string of the molecule is CCOc1ccccc1Oc1ccc(CNC(=O)CC2CC3CCC(C2)N3)cn1.Cl.Cl. The molecule has 4 rings (SSSR count). The second-order valence-electron chi connectivity index (χ2n) is 7.94.